The fourth-order valence-electron chi connectivity index (χ4n) is 5.95. The molecule has 4 bridgehead atoms. The lowest BCUT2D eigenvalue weighted by atomic mass is 9.48. The second kappa shape index (κ2) is 7.62. The van der Waals surface area contributed by atoms with Gasteiger partial charge in [-0.1, -0.05) is 19.9 Å². The topological polar surface area (TPSA) is 72.5 Å². The number of rotatable bonds is 7. The van der Waals surface area contributed by atoms with E-state index in [0.717, 1.165) is 19.3 Å². The molecule has 1 N–H and O–H groups in total. The molecule has 28 heavy (non-hydrogen) atoms. The van der Waals surface area contributed by atoms with Crippen LogP contribution >= 0.6 is 11.3 Å². The maximum Gasteiger partial charge on any atom is 0.329 e. The number of Topliss-reactive ketones (excluding diaryl/α,β-unsaturated/α-hetero) is 1. The Kier molecular flexibility index (Phi) is 5.34. The summed E-state index contributed by atoms with van der Waals surface area (Å²) in [6.45, 7) is 3.56. The molecule has 0 aliphatic heterocycles. The van der Waals surface area contributed by atoms with Gasteiger partial charge in [-0.15, -0.1) is 11.3 Å². The number of nitrogens with one attached hydrogen (secondary N) is 1. The van der Waals surface area contributed by atoms with Gasteiger partial charge in [0.2, 0.25) is 0 Å². The van der Waals surface area contributed by atoms with Crippen molar-refractivity contribution >= 4 is 29.0 Å². The number of ketones is 1. The molecule has 1 heterocycles. The highest BCUT2D eigenvalue weighted by atomic mass is 32.1. The van der Waals surface area contributed by atoms with Gasteiger partial charge in [-0.2, -0.15) is 0 Å². The third-order valence-electron chi connectivity index (χ3n) is 6.93. The molecule has 6 heteroatoms. The fraction of sp³-hybridized carbons (Fsp3) is 0.682. The molecule has 4 aliphatic carbocycles. The van der Waals surface area contributed by atoms with Gasteiger partial charge in [0.15, 0.2) is 12.4 Å². The first-order valence-corrected chi connectivity index (χ1v) is 11.3. The van der Waals surface area contributed by atoms with Crippen LogP contribution in [0.4, 0.5) is 0 Å². The zero-order valence-corrected chi connectivity index (χ0v) is 17.4. The number of carbonyl (C=O) groups is 3. The molecular weight excluding hydrogens is 374 g/mol. The average Bonchev–Trinajstić information content (AvgIpc) is 3.17. The van der Waals surface area contributed by atoms with Crippen molar-refractivity contribution in [2.75, 3.05) is 6.61 Å². The van der Waals surface area contributed by atoms with Gasteiger partial charge in [-0.25, -0.2) is 4.79 Å². The molecule has 5 nitrogen and oxygen atoms in total. The number of carbonyl (C=O) groups excluding carboxylic acids is 3. The molecular formula is C22H29NO4S. The number of thiophene rings is 1. The average molecular weight is 404 g/mol. The molecule has 1 amide bonds. The summed E-state index contributed by atoms with van der Waals surface area (Å²) in [6, 6.07) is 2.77. The second-order valence-corrected chi connectivity index (χ2v) is 10.3. The highest BCUT2D eigenvalue weighted by Crippen LogP contribution is 2.60. The minimum Gasteiger partial charge on any atom is -0.456 e. The van der Waals surface area contributed by atoms with Gasteiger partial charge in [-0.3, -0.25) is 9.59 Å². The Hall–Kier alpha value is -1.69. The summed E-state index contributed by atoms with van der Waals surface area (Å²) in [7, 11) is 0. The van der Waals surface area contributed by atoms with Crippen LogP contribution in [-0.4, -0.2) is 30.3 Å². The van der Waals surface area contributed by atoms with Crippen LogP contribution in [0.5, 0.6) is 0 Å². The van der Waals surface area contributed by atoms with Crippen LogP contribution in [0.2, 0.25) is 0 Å². The SMILES string of the molecule is CC(C)[C@@H](NC(=O)c1cccs1)C(=O)OCC(=O)C12CC3CC(CC(C3)C1)C2. The van der Waals surface area contributed by atoms with Crippen LogP contribution in [-0.2, 0) is 14.3 Å². The molecule has 0 radical (unpaired) electrons. The van der Waals surface area contributed by atoms with Gasteiger partial charge in [0.1, 0.15) is 6.04 Å². The number of amides is 1. The van der Waals surface area contributed by atoms with E-state index in [0.29, 0.717) is 22.6 Å². The summed E-state index contributed by atoms with van der Waals surface area (Å²) in [4.78, 5) is 38.6. The third-order valence-corrected chi connectivity index (χ3v) is 7.80. The summed E-state index contributed by atoms with van der Waals surface area (Å²) in [5, 5.41) is 4.58. The van der Waals surface area contributed by atoms with Gasteiger partial charge < -0.3 is 10.1 Å². The molecule has 1 aromatic heterocycles. The van der Waals surface area contributed by atoms with Crippen molar-refractivity contribution in [1.82, 2.24) is 5.32 Å². The monoisotopic (exact) mass is 403 g/mol. The fourth-order valence-corrected chi connectivity index (χ4v) is 6.58. The van der Waals surface area contributed by atoms with Gasteiger partial charge in [0.25, 0.3) is 5.91 Å². The Morgan fingerprint density at radius 2 is 1.75 bits per heavy atom. The standard InChI is InChI=1S/C22H29NO4S/c1-13(2)19(23-20(25)17-4-3-5-28-17)21(26)27-12-18(24)22-9-14-6-15(10-22)8-16(7-14)11-22/h3-5,13-16,19H,6-12H2,1-2H3,(H,23,25)/t14?,15?,16?,19-,22?/m1/s1. The Labute approximate surface area is 170 Å². The molecule has 4 saturated carbocycles. The minimum absolute atomic E-state index is 0.0899. The smallest absolute Gasteiger partial charge is 0.329 e. The van der Waals surface area contributed by atoms with Gasteiger partial charge in [0, 0.05) is 5.41 Å². The molecule has 1 aromatic rings. The van der Waals surface area contributed by atoms with E-state index in [9.17, 15) is 14.4 Å². The van der Waals surface area contributed by atoms with Crippen molar-refractivity contribution in [2.24, 2.45) is 29.1 Å². The summed E-state index contributed by atoms with van der Waals surface area (Å²) >= 11 is 1.33. The van der Waals surface area contributed by atoms with Crippen molar-refractivity contribution in [2.45, 2.75) is 58.4 Å². The number of hydrogen-bond donors (Lipinski definition) is 1. The highest BCUT2D eigenvalue weighted by Gasteiger charge is 2.54. The van der Waals surface area contributed by atoms with Gasteiger partial charge in [0.05, 0.1) is 4.88 Å². The largest absolute Gasteiger partial charge is 0.456 e. The van der Waals surface area contributed by atoms with E-state index in [1.165, 1.54) is 30.6 Å². The lowest BCUT2D eigenvalue weighted by Gasteiger charge is -2.55. The lowest BCUT2D eigenvalue weighted by molar-refractivity contribution is -0.159. The number of ether oxygens (including phenoxy) is 1. The van der Waals surface area contributed by atoms with Crippen LogP contribution in [0.25, 0.3) is 0 Å². The first-order valence-electron chi connectivity index (χ1n) is 10.4. The predicted octanol–water partition coefficient (Wildman–Crippen LogP) is 3.83. The Morgan fingerprint density at radius 3 is 2.25 bits per heavy atom. The molecule has 1 atom stereocenters. The van der Waals surface area contributed by atoms with E-state index in [1.807, 2.05) is 19.2 Å². The summed E-state index contributed by atoms with van der Waals surface area (Å²) < 4.78 is 5.44. The van der Waals surface area contributed by atoms with Crippen molar-refractivity contribution in [1.29, 1.82) is 0 Å². The van der Waals surface area contributed by atoms with E-state index in [1.54, 1.807) is 12.1 Å². The van der Waals surface area contributed by atoms with Gasteiger partial charge >= 0.3 is 5.97 Å². The molecule has 0 saturated heterocycles. The maximum absolute atomic E-state index is 13.0. The van der Waals surface area contributed by atoms with Crippen LogP contribution in [0, 0.1) is 29.1 Å². The zero-order chi connectivity index (χ0) is 19.9. The maximum atomic E-state index is 13.0. The second-order valence-electron chi connectivity index (χ2n) is 9.40. The van der Waals surface area contributed by atoms with Crippen LogP contribution in [0.3, 0.4) is 0 Å². The zero-order valence-electron chi connectivity index (χ0n) is 16.6. The van der Waals surface area contributed by atoms with Crippen LogP contribution in [0.15, 0.2) is 17.5 Å². The molecule has 4 fully saturated rings. The Morgan fingerprint density at radius 1 is 1.14 bits per heavy atom. The molecule has 5 rings (SSSR count). The quantitative estimate of drug-likeness (QED) is 0.702. The van der Waals surface area contributed by atoms with E-state index < -0.39 is 12.0 Å². The minimum atomic E-state index is -0.751. The Bertz CT molecular complexity index is 719. The van der Waals surface area contributed by atoms with E-state index in [4.69, 9.17) is 4.74 Å². The van der Waals surface area contributed by atoms with Crippen molar-refractivity contribution in [3.8, 4) is 0 Å². The number of esters is 1. The van der Waals surface area contributed by atoms with Crippen molar-refractivity contribution in [3.05, 3.63) is 22.4 Å². The first kappa shape index (κ1) is 19.6. The molecule has 0 aromatic carbocycles. The van der Waals surface area contributed by atoms with Crippen molar-refractivity contribution in [3.63, 3.8) is 0 Å². The van der Waals surface area contributed by atoms with Crippen LogP contribution in [0.1, 0.15) is 62.0 Å². The summed E-state index contributed by atoms with van der Waals surface area (Å²) in [6.07, 6.45) is 6.73. The molecule has 0 spiro atoms. The lowest BCUT2D eigenvalue weighted by Crippen LogP contribution is -2.51. The van der Waals surface area contributed by atoms with E-state index >= 15 is 0 Å². The van der Waals surface area contributed by atoms with Gasteiger partial charge in [-0.05, 0) is 73.6 Å². The third kappa shape index (κ3) is 3.76. The normalized spacial score (nSPS) is 31.6. The van der Waals surface area contributed by atoms with E-state index in [-0.39, 0.29) is 29.6 Å². The van der Waals surface area contributed by atoms with E-state index in [2.05, 4.69) is 5.32 Å². The van der Waals surface area contributed by atoms with Crippen LogP contribution < -0.4 is 5.32 Å². The summed E-state index contributed by atoms with van der Waals surface area (Å²) in [5.74, 6) is 1.22. The van der Waals surface area contributed by atoms with Crippen molar-refractivity contribution < 1.29 is 19.1 Å². The first-order chi connectivity index (χ1) is 13.4. The Balaban J connectivity index is 1.36. The predicted molar refractivity (Wildman–Crippen MR) is 107 cm³/mol. The number of hydrogen-bond acceptors (Lipinski definition) is 5. The molecule has 4 aliphatic rings. The molecule has 152 valence electrons. The highest BCUT2D eigenvalue weighted by molar-refractivity contribution is 7.12. The molecule has 0 unspecified atom stereocenters. The summed E-state index contributed by atoms with van der Waals surface area (Å²) in [5.41, 5.74) is -0.261.